The molecule has 0 spiro atoms. The average molecular weight is 381 g/mol. The minimum absolute atomic E-state index is 0.0600. The van der Waals surface area contributed by atoms with Crippen molar-refractivity contribution in [1.82, 2.24) is 5.32 Å². The third-order valence-electron chi connectivity index (χ3n) is 4.78. The van der Waals surface area contributed by atoms with Crippen LogP contribution in [0.4, 0.5) is 5.69 Å². The molecular formula is C22H24N2O2S. The highest BCUT2D eigenvalue weighted by molar-refractivity contribution is 8.04. The summed E-state index contributed by atoms with van der Waals surface area (Å²) in [7, 11) is 1.75. The Bertz CT molecular complexity index is 920. The fourth-order valence-electron chi connectivity index (χ4n) is 2.83. The highest BCUT2D eigenvalue weighted by atomic mass is 32.2. The number of nitrogens with zero attached hydrogens (tertiary/aromatic N) is 1. The summed E-state index contributed by atoms with van der Waals surface area (Å²) in [5.41, 5.74) is 3.50. The standard InChI is InChI=1S/C22H24N2O2S/c1-5-15(3)23-21(25)17-10-11-19-18(12-17)24(4)22(26)20(27-19)13-16-9-7-6-8-14(16)2/h6-13,15H,5H2,1-4H3,(H,23,25). The van der Waals surface area contributed by atoms with Crippen LogP contribution < -0.4 is 10.2 Å². The van der Waals surface area contributed by atoms with Gasteiger partial charge in [-0.3, -0.25) is 9.59 Å². The van der Waals surface area contributed by atoms with Crippen molar-refractivity contribution in [2.75, 3.05) is 11.9 Å². The van der Waals surface area contributed by atoms with Crippen molar-refractivity contribution in [1.29, 1.82) is 0 Å². The van der Waals surface area contributed by atoms with Crippen molar-refractivity contribution < 1.29 is 9.59 Å². The van der Waals surface area contributed by atoms with Crippen LogP contribution in [-0.2, 0) is 4.79 Å². The van der Waals surface area contributed by atoms with E-state index in [4.69, 9.17) is 0 Å². The summed E-state index contributed by atoms with van der Waals surface area (Å²) < 4.78 is 0. The lowest BCUT2D eigenvalue weighted by molar-refractivity contribution is -0.114. The van der Waals surface area contributed by atoms with E-state index in [0.717, 1.165) is 28.1 Å². The fourth-order valence-corrected chi connectivity index (χ4v) is 3.92. The van der Waals surface area contributed by atoms with Crippen molar-refractivity contribution >= 4 is 35.3 Å². The summed E-state index contributed by atoms with van der Waals surface area (Å²) in [5, 5.41) is 2.97. The van der Waals surface area contributed by atoms with Crippen molar-refractivity contribution in [3.05, 3.63) is 64.1 Å². The Kier molecular flexibility index (Phi) is 5.71. The fraction of sp³-hybridized carbons (Fsp3) is 0.273. The van der Waals surface area contributed by atoms with Gasteiger partial charge in [-0.1, -0.05) is 43.0 Å². The number of benzene rings is 2. The van der Waals surface area contributed by atoms with Gasteiger partial charge in [0.1, 0.15) is 0 Å². The molecule has 3 rings (SSSR count). The van der Waals surface area contributed by atoms with Gasteiger partial charge in [0.25, 0.3) is 11.8 Å². The maximum absolute atomic E-state index is 12.8. The van der Waals surface area contributed by atoms with E-state index in [9.17, 15) is 9.59 Å². The average Bonchev–Trinajstić information content (AvgIpc) is 2.67. The van der Waals surface area contributed by atoms with E-state index in [1.165, 1.54) is 11.8 Å². The Labute approximate surface area is 164 Å². The zero-order valence-corrected chi connectivity index (χ0v) is 16.9. The molecule has 4 nitrogen and oxygen atoms in total. The number of amides is 2. The first-order chi connectivity index (χ1) is 12.9. The predicted octanol–water partition coefficient (Wildman–Crippen LogP) is 4.63. The number of carbonyl (C=O) groups excluding carboxylic acids is 2. The highest BCUT2D eigenvalue weighted by Gasteiger charge is 2.27. The van der Waals surface area contributed by atoms with Gasteiger partial charge in [0, 0.05) is 23.5 Å². The number of fused-ring (bicyclic) bond motifs is 1. The number of likely N-dealkylation sites (N-methyl/N-ethyl adjacent to an activating group) is 1. The van der Waals surface area contributed by atoms with Crippen LogP contribution >= 0.6 is 11.8 Å². The molecule has 0 radical (unpaired) electrons. The van der Waals surface area contributed by atoms with Gasteiger partial charge < -0.3 is 10.2 Å². The van der Waals surface area contributed by atoms with Crippen molar-refractivity contribution in [3.63, 3.8) is 0 Å². The molecule has 2 aromatic rings. The quantitative estimate of drug-likeness (QED) is 0.787. The molecular weight excluding hydrogens is 356 g/mol. The molecule has 0 aliphatic carbocycles. The second-order valence-corrected chi connectivity index (χ2v) is 7.88. The lowest BCUT2D eigenvalue weighted by Crippen LogP contribution is -2.33. The van der Waals surface area contributed by atoms with Crippen LogP contribution in [0.25, 0.3) is 6.08 Å². The van der Waals surface area contributed by atoms with E-state index < -0.39 is 0 Å². The SMILES string of the molecule is CCC(C)NC(=O)c1ccc2c(c1)N(C)C(=O)C(=Cc1ccccc1C)S2. The van der Waals surface area contributed by atoms with Gasteiger partial charge in [-0.25, -0.2) is 0 Å². The van der Waals surface area contributed by atoms with Gasteiger partial charge in [0.05, 0.1) is 10.6 Å². The number of anilines is 1. The number of hydrogen-bond acceptors (Lipinski definition) is 3. The molecule has 0 bridgehead atoms. The molecule has 0 saturated heterocycles. The summed E-state index contributed by atoms with van der Waals surface area (Å²) in [6, 6.07) is 13.6. The minimum atomic E-state index is -0.112. The molecule has 1 N–H and O–H groups in total. The van der Waals surface area contributed by atoms with Crippen LogP contribution in [0.15, 0.2) is 52.3 Å². The van der Waals surface area contributed by atoms with E-state index >= 15 is 0 Å². The van der Waals surface area contributed by atoms with Crippen LogP contribution in [0.3, 0.4) is 0 Å². The Balaban J connectivity index is 1.91. The topological polar surface area (TPSA) is 49.4 Å². The zero-order chi connectivity index (χ0) is 19.6. The van der Waals surface area contributed by atoms with Crippen molar-refractivity contribution in [3.8, 4) is 0 Å². The molecule has 1 aliphatic heterocycles. The highest BCUT2D eigenvalue weighted by Crippen LogP contribution is 2.42. The van der Waals surface area contributed by atoms with Gasteiger partial charge in [0.2, 0.25) is 0 Å². The number of nitrogens with one attached hydrogen (secondary N) is 1. The van der Waals surface area contributed by atoms with Crippen molar-refractivity contribution in [2.24, 2.45) is 0 Å². The molecule has 2 amide bonds. The van der Waals surface area contributed by atoms with E-state index in [1.54, 1.807) is 18.0 Å². The summed E-state index contributed by atoms with van der Waals surface area (Å²) >= 11 is 1.45. The number of hydrogen-bond donors (Lipinski definition) is 1. The van der Waals surface area contributed by atoms with Crippen LogP contribution in [0.5, 0.6) is 0 Å². The van der Waals surface area contributed by atoms with E-state index in [-0.39, 0.29) is 17.9 Å². The van der Waals surface area contributed by atoms with Gasteiger partial charge in [-0.2, -0.15) is 0 Å². The molecule has 1 atom stereocenters. The number of thioether (sulfide) groups is 1. The molecule has 2 aromatic carbocycles. The molecule has 0 saturated carbocycles. The third-order valence-corrected chi connectivity index (χ3v) is 5.86. The Hall–Kier alpha value is -2.53. The molecule has 1 aliphatic rings. The second kappa shape index (κ2) is 8.01. The number of rotatable bonds is 4. The summed E-state index contributed by atoms with van der Waals surface area (Å²) in [6.45, 7) is 6.04. The van der Waals surface area contributed by atoms with Crippen LogP contribution in [0, 0.1) is 6.92 Å². The van der Waals surface area contributed by atoms with Gasteiger partial charge in [-0.05, 0) is 55.7 Å². The lowest BCUT2D eigenvalue weighted by Gasteiger charge is -2.27. The van der Waals surface area contributed by atoms with E-state index in [2.05, 4.69) is 5.32 Å². The smallest absolute Gasteiger partial charge is 0.264 e. The summed E-state index contributed by atoms with van der Waals surface area (Å²) in [4.78, 5) is 28.5. The molecule has 0 aromatic heterocycles. The minimum Gasteiger partial charge on any atom is -0.350 e. The molecule has 1 heterocycles. The molecule has 140 valence electrons. The first-order valence-corrected chi connectivity index (χ1v) is 9.90. The predicted molar refractivity (Wildman–Crippen MR) is 112 cm³/mol. The molecule has 27 heavy (non-hydrogen) atoms. The zero-order valence-electron chi connectivity index (χ0n) is 16.1. The largest absolute Gasteiger partial charge is 0.350 e. The normalized spacial score (nSPS) is 16.2. The first kappa shape index (κ1) is 19.2. The third kappa shape index (κ3) is 4.08. The Morgan fingerprint density at radius 2 is 2.00 bits per heavy atom. The number of carbonyl (C=O) groups is 2. The molecule has 5 heteroatoms. The van der Waals surface area contributed by atoms with Gasteiger partial charge in [-0.15, -0.1) is 0 Å². The van der Waals surface area contributed by atoms with E-state index in [1.807, 2.05) is 63.2 Å². The van der Waals surface area contributed by atoms with Crippen LogP contribution in [0.1, 0.15) is 41.8 Å². The lowest BCUT2D eigenvalue weighted by atomic mass is 10.1. The van der Waals surface area contributed by atoms with Crippen LogP contribution in [-0.4, -0.2) is 24.9 Å². The van der Waals surface area contributed by atoms with Crippen LogP contribution in [0.2, 0.25) is 0 Å². The van der Waals surface area contributed by atoms with E-state index in [0.29, 0.717) is 10.5 Å². The number of aryl methyl sites for hydroxylation is 1. The van der Waals surface area contributed by atoms with Gasteiger partial charge >= 0.3 is 0 Å². The second-order valence-electron chi connectivity index (χ2n) is 6.80. The molecule has 0 fully saturated rings. The molecule has 1 unspecified atom stereocenters. The van der Waals surface area contributed by atoms with Gasteiger partial charge in [0.15, 0.2) is 0 Å². The maximum Gasteiger partial charge on any atom is 0.264 e. The van der Waals surface area contributed by atoms with Crippen molar-refractivity contribution in [2.45, 2.75) is 38.1 Å². The summed E-state index contributed by atoms with van der Waals surface area (Å²) in [5.74, 6) is -0.172. The Morgan fingerprint density at radius 3 is 2.70 bits per heavy atom. The maximum atomic E-state index is 12.8. The Morgan fingerprint density at radius 1 is 1.26 bits per heavy atom. The summed E-state index contributed by atoms with van der Waals surface area (Å²) in [6.07, 6.45) is 2.81. The first-order valence-electron chi connectivity index (χ1n) is 9.09. The monoisotopic (exact) mass is 380 g/mol.